The summed E-state index contributed by atoms with van der Waals surface area (Å²) < 4.78 is 28.4. The number of anilines is 1. The summed E-state index contributed by atoms with van der Waals surface area (Å²) in [6, 6.07) is 15.5. The Morgan fingerprint density at radius 3 is 2.31 bits per heavy atom. The van der Waals surface area contributed by atoms with E-state index in [0.29, 0.717) is 18.8 Å². The number of rotatable bonds is 5. The lowest BCUT2D eigenvalue weighted by molar-refractivity contribution is 0.102. The van der Waals surface area contributed by atoms with Crippen molar-refractivity contribution < 1.29 is 13.2 Å². The standard InChI is InChI=1S/C20H21N5O3S/c26-20(19-15-25(23-22-19)17-7-3-1-4-8-17)21-16-9-11-18(12-10-16)29(27,28)24-13-5-2-6-14-24/h1,3-4,7-12,15H,2,5-6,13-14H2,(H,21,26). The Morgan fingerprint density at radius 1 is 0.931 bits per heavy atom. The average molecular weight is 411 g/mol. The number of para-hydroxylation sites is 1. The van der Waals surface area contributed by atoms with Crippen LogP contribution in [0.3, 0.4) is 0 Å². The highest BCUT2D eigenvalue weighted by molar-refractivity contribution is 7.89. The molecule has 1 aliphatic rings. The number of amides is 1. The van der Waals surface area contributed by atoms with Gasteiger partial charge in [-0.1, -0.05) is 29.8 Å². The van der Waals surface area contributed by atoms with Crippen LogP contribution in [0.5, 0.6) is 0 Å². The van der Waals surface area contributed by atoms with Crippen molar-refractivity contribution in [3.63, 3.8) is 0 Å². The van der Waals surface area contributed by atoms with Crippen LogP contribution in [0.25, 0.3) is 5.69 Å². The van der Waals surface area contributed by atoms with Gasteiger partial charge in [-0.15, -0.1) is 5.10 Å². The minimum Gasteiger partial charge on any atom is -0.321 e. The van der Waals surface area contributed by atoms with E-state index in [1.807, 2.05) is 30.3 Å². The number of piperidine rings is 1. The summed E-state index contributed by atoms with van der Waals surface area (Å²) in [5.74, 6) is -0.418. The number of nitrogens with zero attached hydrogens (tertiary/aromatic N) is 4. The van der Waals surface area contributed by atoms with Crippen LogP contribution in [0.1, 0.15) is 29.8 Å². The number of nitrogens with one attached hydrogen (secondary N) is 1. The second-order valence-electron chi connectivity index (χ2n) is 6.83. The lowest BCUT2D eigenvalue weighted by Gasteiger charge is -2.25. The van der Waals surface area contributed by atoms with Crippen LogP contribution in [-0.2, 0) is 10.0 Å². The molecule has 1 fully saturated rings. The van der Waals surface area contributed by atoms with Crippen molar-refractivity contribution in [2.75, 3.05) is 18.4 Å². The number of sulfonamides is 1. The highest BCUT2D eigenvalue weighted by Gasteiger charge is 2.25. The topological polar surface area (TPSA) is 97.2 Å². The van der Waals surface area contributed by atoms with Crippen LogP contribution in [-0.4, -0.2) is 46.7 Å². The maximum absolute atomic E-state index is 12.7. The van der Waals surface area contributed by atoms with E-state index in [4.69, 9.17) is 0 Å². The smallest absolute Gasteiger partial charge is 0.277 e. The van der Waals surface area contributed by atoms with Crippen LogP contribution in [0.15, 0.2) is 65.7 Å². The zero-order valence-corrected chi connectivity index (χ0v) is 16.5. The highest BCUT2D eigenvalue weighted by atomic mass is 32.2. The van der Waals surface area contributed by atoms with Gasteiger partial charge in [-0.25, -0.2) is 13.1 Å². The maximum Gasteiger partial charge on any atom is 0.277 e. The highest BCUT2D eigenvalue weighted by Crippen LogP contribution is 2.22. The van der Waals surface area contributed by atoms with Gasteiger partial charge in [0.25, 0.3) is 5.91 Å². The van der Waals surface area contributed by atoms with Crippen molar-refractivity contribution in [2.24, 2.45) is 0 Å². The summed E-state index contributed by atoms with van der Waals surface area (Å²) >= 11 is 0. The quantitative estimate of drug-likeness (QED) is 0.696. The first kappa shape index (κ1) is 19.3. The number of carbonyl (C=O) groups is 1. The molecule has 29 heavy (non-hydrogen) atoms. The van der Waals surface area contributed by atoms with E-state index in [1.54, 1.807) is 18.3 Å². The molecule has 1 aromatic heterocycles. The molecule has 2 aromatic carbocycles. The molecule has 0 unspecified atom stereocenters. The van der Waals surface area contributed by atoms with Gasteiger partial charge in [-0.05, 0) is 49.2 Å². The van der Waals surface area contributed by atoms with Gasteiger partial charge in [0.05, 0.1) is 16.8 Å². The third-order valence-corrected chi connectivity index (χ3v) is 6.72. The molecule has 2 heterocycles. The summed E-state index contributed by atoms with van der Waals surface area (Å²) in [5, 5.41) is 10.6. The summed E-state index contributed by atoms with van der Waals surface area (Å²) in [4.78, 5) is 12.7. The lowest BCUT2D eigenvalue weighted by atomic mass is 10.2. The minimum absolute atomic E-state index is 0.166. The first-order valence-corrected chi connectivity index (χ1v) is 10.9. The molecule has 0 saturated carbocycles. The minimum atomic E-state index is -3.49. The number of aromatic nitrogens is 3. The summed E-state index contributed by atoms with van der Waals surface area (Å²) in [7, 11) is -3.49. The first-order valence-electron chi connectivity index (χ1n) is 9.43. The molecule has 0 spiro atoms. The number of carbonyl (C=O) groups excluding carboxylic acids is 1. The monoisotopic (exact) mass is 411 g/mol. The normalized spacial score (nSPS) is 15.2. The number of benzene rings is 2. The molecule has 1 saturated heterocycles. The number of hydrogen-bond acceptors (Lipinski definition) is 5. The predicted molar refractivity (Wildman–Crippen MR) is 108 cm³/mol. The van der Waals surface area contributed by atoms with E-state index in [-0.39, 0.29) is 10.6 Å². The molecular formula is C20H21N5O3S. The zero-order valence-electron chi connectivity index (χ0n) is 15.7. The fourth-order valence-electron chi connectivity index (χ4n) is 3.23. The Labute approximate surface area is 169 Å². The molecular weight excluding hydrogens is 390 g/mol. The van der Waals surface area contributed by atoms with Gasteiger partial charge in [0, 0.05) is 18.8 Å². The van der Waals surface area contributed by atoms with E-state index in [9.17, 15) is 13.2 Å². The van der Waals surface area contributed by atoms with Crippen molar-refractivity contribution in [3.8, 4) is 5.69 Å². The van der Waals surface area contributed by atoms with Gasteiger partial charge < -0.3 is 5.32 Å². The largest absolute Gasteiger partial charge is 0.321 e. The van der Waals surface area contributed by atoms with Crippen LogP contribution in [0, 0.1) is 0 Å². The average Bonchev–Trinajstić information content (AvgIpc) is 3.26. The van der Waals surface area contributed by atoms with Crippen molar-refractivity contribution >= 4 is 21.6 Å². The van der Waals surface area contributed by atoms with E-state index in [1.165, 1.54) is 21.1 Å². The Morgan fingerprint density at radius 2 is 1.62 bits per heavy atom. The van der Waals surface area contributed by atoms with Crippen molar-refractivity contribution in [3.05, 3.63) is 66.5 Å². The molecule has 9 heteroatoms. The fraction of sp³-hybridized carbons (Fsp3) is 0.250. The fourth-order valence-corrected chi connectivity index (χ4v) is 4.75. The number of hydrogen-bond donors (Lipinski definition) is 1. The molecule has 3 aromatic rings. The molecule has 0 atom stereocenters. The van der Waals surface area contributed by atoms with E-state index < -0.39 is 15.9 Å². The molecule has 0 bridgehead atoms. The Hall–Kier alpha value is -3.04. The van der Waals surface area contributed by atoms with Crippen LogP contribution in [0.4, 0.5) is 5.69 Å². The lowest BCUT2D eigenvalue weighted by Crippen LogP contribution is -2.35. The first-order chi connectivity index (χ1) is 14.0. The van der Waals surface area contributed by atoms with Crippen molar-refractivity contribution in [1.82, 2.24) is 19.3 Å². The molecule has 150 valence electrons. The van der Waals surface area contributed by atoms with Crippen molar-refractivity contribution in [2.45, 2.75) is 24.2 Å². The maximum atomic E-state index is 12.7. The molecule has 4 rings (SSSR count). The summed E-state index contributed by atoms with van der Waals surface area (Å²) in [6.45, 7) is 1.11. The van der Waals surface area contributed by atoms with Gasteiger partial charge in [0.15, 0.2) is 5.69 Å². The second-order valence-corrected chi connectivity index (χ2v) is 8.77. The third kappa shape index (κ3) is 4.20. The molecule has 1 N–H and O–H groups in total. The molecule has 8 nitrogen and oxygen atoms in total. The molecule has 0 radical (unpaired) electrons. The Bertz CT molecular complexity index is 1090. The van der Waals surface area contributed by atoms with Crippen molar-refractivity contribution in [1.29, 1.82) is 0 Å². The molecule has 1 amide bonds. The van der Waals surface area contributed by atoms with E-state index in [0.717, 1.165) is 24.9 Å². The summed E-state index contributed by atoms with van der Waals surface area (Å²) in [5.41, 5.74) is 1.45. The van der Waals surface area contributed by atoms with Crippen LogP contribution < -0.4 is 5.32 Å². The Kier molecular flexibility index (Phi) is 5.41. The van der Waals surface area contributed by atoms with E-state index in [2.05, 4.69) is 15.6 Å². The van der Waals surface area contributed by atoms with Crippen LogP contribution in [0.2, 0.25) is 0 Å². The van der Waals surface area contributed by atoms with E-state index >= 15 is 0 Å². The predicted octanol–water partition coefficient (Wildman–Crippen LogP) is 2.69. The van der Waals surface area contributed by atoms with Gasteiger partial charge in [-0.2, -0.15) is 4.31 Å². The van der Waals surface area contributed by atoms with Crippen LogP contribution >= 0.6 is 0 Å². The zero-order chi connectivity index (χ0) is 20.3. The summed E-state index contributed by atoms with van der Waals surface area (Å²) in [6.07, 6.45) is 4.37. The van der Waals surface area contributed by atoms with Gasteiger partial charge >= 0.3 is 0 Å². The van der Waals surface area contributed by atoms with Gasteiger partial charge in [0.2, 0.25) is 10.0 Å². The van der Waals surface area contributed by atoms with Gasteiger partial charge in [-0.3, -0.25) is 4.79 Å². The third-order valence-electron chi connectivity index (χ3n) is 4.81. The molecule has 0 aliphatic carbocycles. The SMILES string of the molecule is O=C(Nc1ccc(S(=O)(=O)N2CCCCC2)cc1)c1cn(-c2ccccc2)nn1. The molecule has 1 aliphatic heterocycles. The van der Waals surface area contributed by atoms with Gasteiger partial charge in [0.1, 0.15) is 0 Å². The second kappa shape index (κ2) is 8.14. The Balaban J connectivity index is 1.45.